The zero-order chi connectivity index (χ0) is 13.8. The summed E-state index contributed by atoms with van der Waals surface area (Å²) in [6.07, 6.45) is 2.11. The molecule has 0 saturated heterocycles. The van der Waals surface area contributed by atoms with Crippen LogP contribution < -0.4 is 5.32 Å². The zero-order valence-electron chi connectivity index (χ0n) is 11.6. The number of carbonyl (C=O) groups excluding carboxylic acids is 2. The standard InChI is InChI=1S/C13H23NO4/c1-13(2,3)18-12(16)14-8-10-6-5-9(10)7-11(15)17-4/h9-10H,5-8H2,1-4H3,(H,14,16). The normalized spacial score (nSPS) is 22.9. The van der Waals surface area contributed by atoms with Crippen LogP contribution in [0, 0.1) is 11.8 Å². The third kappa shape index (κ3) is 4.94. The van der Waals surface area contributed by atoms with Crippen LogP contribution in [0.15, 0.2) is 0 Å². The Morgan fingerprint density at radius 2 is 1.83 bits per heavy atom. The quantitative estimate of drug-likeness (QED) is 0.783. The van der Waals surface area contributed by atoms with E-state index in [0.717, 1.165) is 12.8 Å². The minimum Gasteiger partial charge on any atom is -0.469 e. The van der Waals surface area contributed by atoms with Gasteiger partial charge in [0.15, 0.2) is 0 Å². The molecule has 0 aromatic rings. The highest BCUT2D eigenvalue weighted by Crippen LogP contribution is 2.36. The summed E-state index contributed by atoms with van der Waals surface area (Å²) >= 11 is 0. The van der Waals surface area contributed by atoms with Crippen LogP contribution in [-0.2, 0) is 14.3 Å². The summed E-state index contributed by atoms with van der Waals surface area (Å²) < 4.78 is 9.80. The van der Waals surface area contributed by atoms with E-state index in [1.54, 1.807) is 0 Å². The van der Waals surface area contributed by atoms with E-state index in [1.807, 2.05) is 20.8 Å². The second kappa shape index (κ2) is 6.07. The smallest absolute Gasteiger partial charge is 0.407 e. The van der Waals surface area contributed by atoms with Gasteiger partial charge in [-0.25, -0.2) is 4.79 Å². The Balaban J connectivity index is 2.24. The fourth-order valence-electron chi connectivity index (χ4n) is 2.00. The van der Waals surface area contributed by atoms with Gasteiger partial charge < -0.3 is 14.8 Å². The molecule has 0 aromatic heterocycles. The van der Waals surface area contributed by atoms with Gasteiger partial charge in [0.05, 0.1) is 7.11 Å². The SMILES string of the molecule is COC(=O)CC1CCC1CNC(=O)OC(C)(C)C. The Hall–Kier alpha value is -1.26. The van der Waals surface area contributed by atoms with Crippen molar-refractivity contribution in [3.05, 3.63) is 0 Å². The van der Waals surface area contributed by atoms with Gasteiger partial charge in [0.25, 0.3) is 0 Å². The minimum atomic E-state index is -0.477. The third-order valence-electron chi connectivity index (χ3n) is 3.14. The van der Waals surface area contributed by atoms with Crippen molar-refractivity contribution in [2.75, 3.05) is 13.7 Å². The van der Waals surface area contributed by atoms with E-state index < -0.39 is 11.7 Å². The molecule has 18 heavy (non-hydrogen) atoms. The molecule has 0 spiro atoms. The van der Waals surface area contributed by atoms with Crippen LogP contribution in [-0.4, -0.2) is 31.3 Å². The Bertz CT molecular complexity index is 309. The van der Waals surface area contributed by atoms with Gasteiger partial charge in [-0.1, -0.05) is 0 Å². The van der Waals surface area contributed by atoms with Crippen LogP contribution >= 0.6 is 0 Å². The maximum atomic E-state index is 11.5. The van der Waals surface area contributed by atoms with Crippen molar-refractivity contribution < 1.29 is 19.1 Å². The van der Waals surface area contributed by atoms with Crippen LogP contribution in [0.3, 0.4) is 0 Å². The number of nitrogens with one attached hydrogen (secondary N) is 1. The molecular weight excluding hydrogens is 234 g/mol. The topological polar surface area (TPSA) is 64.6 Å². The Kier molecular flexibility index (Phi) is 4.99. The second-order valence-corrected chi connectivity index (χ2v) is 5.76. The molecule has 0 aromatic carbocycles. The van der Waals surface area contributed by atoms with Crippen LogP contribution in [0.25, 0.3) is 0 Å². The summed E-state index contributed by atoms with van der Waals surface area (Å²) in [7, 11) is 1.40. The molecule has 0 bridgehead atoms. The van der Waals surface area contributed by atoms with E-state index in [-0.39, 0.29) is 5.97 Å². The largest absolute Gasteiger partial charge is 0.469 e. The predicted molar refractivity (Wildman–Crippen MR) is 67.1 cm³/mol. The molecule has 0 aliphatic heterocycles. The summed E-state index contributed by atoms with van der Waals surface area (Å²) in [5, 5.41) is 2.75. The molecule has 104 valence electrons. The number of hydrogen-bond acceptors (Lipinski definition) is 4. The second-order valence-electron chi connectivity index (χ2n) is 5.76. The van der Waals surface area contributed by atoms with Gasteiger partial charge in [-0.05, 0) is 45.4 Å². The number of alkyl carbamates (subject to hydrolysis) is 1. The lowest BCUT2D eigenvalue weighted by Gasteiger charge is -2.36. The number of rotatable bonds is 4. The molecule has 5 nitrogen and oxygen atoms in total. The molecule has 1 amide bonds. The number of hydrogen-bond donors (Lipinski definition) is 1. The third-order valence-corrected chi connectivity index (χ3v) is 3.14. The van der Waals surface area contributed by atoms with Gasteiger partial charge in [0.1, 0.15) is 5.60 Å². The summed E-state index contributed by atoms with van der Waals surface area (Å²) in [5.74, 6) is 0.506. The molecule has 1 N–H and O–H groups in total. The van der Waals surface area contributed by atoms with Crippen LogP contribution in [0.5, 0.6) is 0 Å². The highest BCUT2D eigenvalue weighted by atomic mass is 16.6. The van der Waals surface area contributed by atoms with Gasteiger partial charge in [-0.15, -0.1) is 0 Å². The number of ether oxygens (including phenoxy) is 2. The van der Waals surface area contributed by atoms with Crippen LogP contribution in [0.2, 0.25) is 0 Å². The molecule has 1 saturated carbocycles. The van der Waals surface area contributed by atoms with Gasteiger partial charge >= 0.3 is 12.1 Å². The predicted octanol–water partition coefficient (Wildman–Crippen LogP) is 2.10. The van der Waals surface area contributed by atoms with Crippen molar-refractivity contribution >= 4 is 12.1 Å². The highest BCUT2D eigenvalue weighted by molar-refractivity contribution is 5.69. The number of esters is 1. The van der Waals surface area contributed by atoms with E-state index in [9.17, 15) is 9.59 Å². The Labute approximate surface area is 108 Å². The van der Waals surface area contributed by atoms with E-state index in [2.05, 4.69) is 10.1 Å². The number of methoxy groups -OCH3 is 1. The molecule has 0 heterocycles. The molecule has 2 unspecified atom stereocenters. The van der Waals surface area contributed by atoms with E-state index in [1.165, 1.54) is 7.11 Å². The zero-order valence-corrected chi connectivity index (χ0v) is 11.6. The van der Waals surface area contributed by atoms with Crippen molar-refractivity contribution in [2.24, 2.45) is 11.8 Å². The van der Waals surface area contributed by atoms with Gasteiger partial charge in [-0.3, -0.25) is 4.79 Å². The number of carbonyl (C=O) groups is 2. The Morgan fingerprint density at radius 3 is 2.28 bits per heavy atom. The summed E-state index contributed by atoms with van der Waals surface area (Å²) in [5.41, 5.74) is -0.477. The monoisotopic (exact) mass is 257 g/mol. The van der Waals surface area contributed by atoms with Gasteiger partial charge in [-0.2, -0.15) is 0 Å². The lowest BCUT2D eigenvalue weighted by Crippen LogP contribution is -2.40. The maximum absolute atomic E-state index is 11.5. The highest BCUT2D eigenvalue weighted by Gasteiger charge is 2.33. The van der Waals surface area contributed by atoms with E-state index in [0.29, 0.717) is 24.8 Å². The fraction of sp³-hybridized carbons (Fsp3) is 0.846. The molecule has 2 atom stereocenters. The van der Waals surface area contributed by atoms with Crippen LogP contribution in [0.4, 0.5) is 4.79 Å². The van der Waals surface area contributed by atoms with E-state index in [4.69, 9.17) is 4.74 Å². The molecule has 1 rings (SSSR count). The van der Waals surface area contributed by atoms with Crippen molar-refractivity contribution in [1.82, 2.24) is 5.32 Å². The Morgan fingerprint density at radius 1 is 1.22 bits per heavy atom. The first kappa shape index (κ1) is 14.8. The molecular formula is C13H23NO4. The van der Waals surface area contributed by atoms with Crippen molar-refractivity contribution in [3.63, 3.8) is 0 Å². The molecule has 5 heteroatoms. The first-order valence-corrected chi connectivity index (χ1v) is 6.35. The molecule has 1 aliphatic carbocycles. The summed E-state index contributed by atoms with van der Waals surface area (Å²) in [6, 6.07) is 0. The average Bonchev–Trinajstić information content (AvgIpc) is 2.21. The summed E-state index contributed by atoms with van der Waals surface area (Å²) in [4.78, 5) is 22.6. The average molecular weight is 257 g/mol. The van der Waals surface area contributed by atoms with Gasteiger partial charge in [0.2, 0.25) is 0 Å². The molecule has 1 fully saturated rings. The lowest BCUT2D eigenvalue weighted by molar-refractivity contribution is -0.143. The van der Waals surface area contributed by atoms with Crippen molar-refractivity contribution in [3.8, 4) is 0 Å². The lowest BCUT2D eigenvalue weighted by atomic mass is 9.72. The maximum Gasteiger partial charge on any atom is 0.407 e. The number of amides is 1. The molecule has 0 radical (unpaired) electrons. The van der Waals surface area contributed by atoms with Crippen molar-refractivity contribution in [2.45, 2.75) is 45.6 Å². The summed E-state index contributed by atoms with van der Waals surface area (Å²) in [6.45, 7) is 6.05. The van der Waals surface area contributed by atoms with Gasteiger partial charge in [0, 0.05) is 13.0 Å². The fourth-order valence-corrected chi connectivity index (χ4v) is 2.00. The molecule has 1 aliphatic rings. The first-order valence-electron chi connectivity index (χ1n) is 6.35. The van der Waals surface area contributed by atoms with E-state index >= 15 is 0 Å². The van der Waals surface area contributed by atoms with Crippen LogP contribution in [0.1, 0.15) is 40.0 Å². The first-order chi connectivity index (χ1) is 8.31. The van der Waals surface area contributed by atoms with Crippen molar-refractivity contribution in [1.29, 1.82) is 0 Å². The minimum absolute atomic E-state index is 0.179.